The van der Waals surface area contributed by atoms with Gasteiger partial charge in [-0.2, -0.15) is 0 Å². The molecule has 0 spiro atoms. The third kappa shape index (κ3) is 5.67. The van der Waals surface area contributed by atoms with Gasteiger partial charge in [-0.05, 0) is 51.3 Å². The molecule has 1 saturated heterocycles. The number of benzene rings is 1. The number of carbonyl (C=O) groups is 2. The Balaban J connectivity index is 1.75. The molecule has 1 saturated carbocycles. The van der Waals surface area contributed by atoms with Crippen molar-refractivity contribution in [3.8, 4) is 0 Å². The quantitative estimate of drug-likeness (QED) is 0.739. The first-order chi connectivity index (χ1) is 14.1. The number of hydrogen-bond donors (Lipinski definition) is 2. The maximum absolute atomic E-state index is 13.6. The van der Waals surface area contributed by atoms with Crippen LogP contribution in [-0.2, 0) is 9.53 Å². The molecule has 7 heteroatoms. The van der Waals surface area contributed by atoms with Gasteiger partial charge in [-0.15, -0.1) is 0 Å². The van der Waals surface area contributed by atoms with Crippen molar-refractivity contribution < 1.29 is 19.4 Å². The Morgan fingerprint density at radius 3 is 2.60 bits per heavy atom. The van der Waals surface area contributed by atoms with Crippen LogP contribution in [0.4, 0.5) is 4.79 Å². The zero-order chi connectivity index (χ0) is 21.9. The highest BCUT2D eigenvalue weighted by atomic mass is 35.5. The third-order valence-corrected chi connectivity index (χ3v) is 6.13. The molecule has 166 valence electrons. The van der Waals surface area contributed by atoms with E-state index in [9.17, 15) is 14.7 Å². The maximum Gasteiger partial charge on any atom is 0.407 e. The molecule has 1 aliphatic heterocycles. The van der Waals surface area contributed by atoms with Crippen LogP contribution in [0.2, 0.25) is 5.02 Å². The molecule has 0 aromatic heterocycles. The summed E-state index contributed by atoms with van der Waals surface area (Å²) in [6.45, 7) is 6.50. The Morgan fingerprint density at radius 2 is 1.97 bits per heavy atom. The fourth-order valence-electron chi connectivity index (χ4n) is 4.52. The molecule has 2 aliphatic rings. The van der Waals surface area contributed by atoms with Crippen LogP contribution in [-0.4, -0.2) is 52.3 Å². The smallest absolute Gasteiger partial charge is 0.407 e. The second-order valence-electron chi connectivity index (χ2n) is 9.63. The fourth-order valence-corrected chi connectivity index (χ4v) is 4.71. The fraction of sp³-hybridized carbons (Fsp3) is 0.652. The first kappa shape index (κ1) is 22.9. The summed E-state index contributed by atoms with van der Waals surface area (Å²) in [5.41, 5.74) is -0.720. The molecule has 6 nitrogen and oxygen atoms in total. The van der Waals surface area contributed by atoms with Gasteiger partial charge < -0.3 is 20.1 Å². The van der Waals surface area contributed by atoms with Crippen molar-refractivity contribution in [2.24, 2.45) is 0 Å². The second kappa shape index (κ2) is 9.15. The largest absolute Gasteiger partial charge is 0.444 e. The highest BCUT2D eigenvalue weighted by molar-refractivity contribution is 6.30. The van der Waals surface area contributed by atoms with Crippen molar-refractivity contribution in [2.45, 2.75) is 82.5 Å². The zero-order valence-electron chi connectivity index (χ0n) is 18.1. The van der Waals surface area contributed by atoms with Crippen molar-refractivity contribution >= 4 is 23.6 Å². The highest BCUT2D eigenvalue weighted by Crippen LogP contribution is 2.42. The Morgan fingerprint density at radius 1 is 1.27 bits per heavy atom. The van der Waals surface area contributed by atoms with Crippen molar-refractivity contribution in [2.75, 3.05) is 13.1 Å². The lowest BCUT2D eigenvalue weighted by atomic mass is 9.72. The van der Waals surface area contributed by atoms with Gasteiger partial charge in [-0.3, -0.25) is 4.79 Å². The molecular weight excluding hydrogens is 404 g/mol. The van der Waals surface area contributed by atoms with Crippen LogP contribution in [0.3, 0.4) is 0 Å². The lowest BCUT2D eigenvalue weighted by Gasteiger charge is -2.40. The van der Waals surface area contributed by atoms with E-state index in [0.717, 1.165) is 24.8 Å². The van der Waals surface area contributed by atoms with Gasteiger partial charge in [0.15, 0.2) is 0 Å². The molecule has 2 fully saturated rings. The molecule has 2 amide bonds. The van der Waals surface area contributed by atoms with Crippen LogP contribution in [0.15, 0.2) is 24.3 Å². The number of halogens is 1. The van der Waals surface area contributed by atoms with Gasteiger partial charge in [0.2, 0.25) is 5.91 Å². The molecule has 1 aliphatic carbocycles. The maximum atomic E-state index is 13.6. The van der Waals surface area contributed by atoms with Gasteiger partial charge in [0.25, 0.3) is 0 Å². The summed E-state index contributed by atoms with van der Waals surface area (Å²) < 4.78 is 5.52. The number of amides is 2. The van der Waals surface area contributed by atoms with E-state index < -0.39 is 17.6 Å². The number of carbonyl (C=O) groups excluding carboxylic acids is 2. The van der Waals surface area contributed by atoms with E-state index >= 15 is 0 Å². The van der Waals surface area contributed by atoms with Crippen LogP contribution in [0.1, 0.15) is 70.8 Å². The molecule has 1 unspecified atom stereocenters. The lowest BCUT2D eigenvalue weighted by Crippen LogP contribution is -2.48. The van der Waals surface area contributed by atoms with Gasteiger partial charge in [0.1, 0.15) is 6.10 Å². The Kier molecular flexibility index (Phi) is 6.98. The van der Waals surface area contributed by atoms with Crippen molar-refractivity contribution in [1.82, 2.24) is 10.2 Å². The average molecular weight is 437 g/mol. The van der Waals surface area contributed by atoms with Crippen LogP contribution in [0, 0.1) is 0 Å². The number of likely N-dealkylation sites (tertiary alicyclic amines) is 1. The summed E-state index contributed by atoms with van der Waals surface area (Å²) in [6.07, 6.45) is 3.83. The molecule has 1 heterocycles. The first-order valence-corrected chi connectivity index (χ1v) is 11.2. The minimum Gasteiger partial charge on any atom is -0.444 e. The van der Waals surface area contributed by atoms with Gasteiger partial charge in [-0.1, -0.05) is 43.0 Å². The summed E-state index contributed by atoms with van der Waals surface area (Å²) in [4.78, 5) is 27.4. The summed E-state index contributed by atoms with van der Waals surface area (Å²) in [5.74, 6) is -0.789. The summed E-state index contributed by atoms with van der Waals surface area (Å²) in [7, 11) is 0. The number of nitrogens with zero attached hydrogens (tertiary/aromatic N) is 1. The standard InChI is InChI=1S/C23H33ClN2O4/c1-22(2,3)25-21(28)30-18-10-13-26(15-18)20(27)19(16-8-7-9-17(24)14-16)23(29)11-5-4-6-12-23/h7-9,14,18-19,29H,4-6,10-13,15H2,1-3H3,(H,25,28)/t18-,19?/m0/s1. The Labute approximate surface area is 183 Å². The first-order valence-electron chi connectivity index (χ1n) is 10.8. The summed E-state index contributed by atoms with van der Waals surface area (Å²) in [5, 5.41) is 14.8. The van der Waals surface area contributed by atoms with Gasteiger partial charge in [0.05, 0.1) is 18.1 Å². The van der Waals surface area contributed by atoms with Crippen LogP contribution < -0.4 is 5.32 Å². The number of alkyl carbamates (subject to hydrolysis) is 1. The van der Waals surface area contributed by atoms with Gasteiger partial charge >= 0.3 is 6.09 Å². The summed E-state index contributed by atoms with van der Waals surface area (Å²) >= 11 is 6.20. The number of aliphatic hydroxyl groups is 1. The SMILES string of the molecule is CC(C)(C)NC(=O)O[C@H]1CCN(C(=O)C(c2cccc(Cl)c2)C2(O)CCCCC2)C1. The van der Waals surface area contributed by atoms with Crippen molar-refractivity contribution in [1.29, 1.82) is 0 Å². The number of rotatable bonds is 4. The highest BCUT2D eigenvalue weighted by Gasteiger charge is 2.46. The van der Waals surface area contributed by atoms with Gasteiger partial charge in [-0.25, -0.2) is 4.79 Å². The van der Waals surface area contributed by atoms with E-state index in [0.29, 0.717) is 37.4 Å². The van der Waals surface area contributed by atoms with E-state index in [1.165, 1.54) is 0 Å². The van der Waals surface area contributed by atoms with E-state index in [2.05, 4.69) is 5.32 Å². The van der Waals surface area contributed by atoms with Crippen LogP contribution >= 0.6 is 11.6 Å². The second-order valence-corrected chi connectivity index (χ2v) is 10.1. The topological polar surface area (TPSA) is 78.9 Å². The monoisotopic (exact) mass is 436 g/mol. The number of ether oxygens (including phenoxy) is 1. The predicted octanol–water partition coefficient (Wildman–Crippen LogP) is 4.24. The van der Waals surface area contributed by atoms with Crippen molar-refractivity contribution in [3.63, 3.8) is 0 Å². The predicted molar refractivity (Wildman–Crippen MR) is 117 cm³/mol. The van der Waals surface area contributed by atoms with Crippen LogP contribution in [0.25, 0.3) is 0 Å². The number of hydrogen-bond acceptors (Lipinski definition) is 4. The molecule has 0 bridgehead atoms. The minimum absolute atomic E-state index is 0.121. The lowest BCUT2D eigenvalue weighted by molar-refractivity contribution is -0.141. The average Bonchev–Trinajstić information content (AvgIpc) is 3.09. The molecule has 1 aromatic rings. The molecule has 3 rings (SSSR count). The minimum atomic E-state index is -1.08. The Hall–Kier alpha value is -1.79. The van der Waals surface area contributed by atoms with E-state index in [4.69, 9.17) is 16.3 Å². The van der Waals surface area contributed by atoms with E-state index in [1.807, 2.05) is 32.9 Å². The molecule has 0 radical (unpaired) electrons. The normalized spacial score (nSPS) is 22.4. The van der Waals surface area contributed by atoms with Gasteiger partial charge in [0, 0.05) is 23.5 Å². The van der Waals surface area contributed by atoms with Crippen LogP contribution in [0.5, 0.6) is 0 Å². The molecule has 1 aromatic carbocycles. The molecular formula is C23H33ClN2O4. The molecule has 2 N–H and O–H groups in total. The third-order valence-electron chi connectivity index (χ3n) is 5.89. The van der Waals surface area contributed by atoms with Crippen molar-refractivity contribution in [3.05, 3.63) is 34.9 Å². The molecule has 30 heavy (non-hydrogen) atoms. The molecule has 2 atom stereocenters. The zero-order valence-corrected chi connectivity index (χ0v) is 18.9. The van der Waals surface area contributed by atoms with E-state index in [-0.39, 0.29) is 17.6 Å². The number of nitrogens with one attached hydrogen (secondary N) is 1. The van der Waals surface area contributed by atoms with E-state index in [1.54, 1.807) is 17.0 Å². The summed E-state index contributed by atoms with van der Waals surface area (Å²) in [6, 6.07) is 7.22. The Bertz CT molecular complexity index is 771.